The third-order valence-electron chi connectivity index (χ3n) is 4.13. The normalized spacial score (nSPS) is 10.8. The molecule has 124 valence electrons. The molecule has 0 aliphatic rings. The fourth-order valence-electron chi connectivity index (χ4n) is 2.61. The highest BCUT2D eigenvalue weighted by molar-refractivity contribution is 5.83. The van der Waals surface area contributed by atoms with Crippen LogP contribution in [0.4, 0.5) is 0 Å². The van der Waals surface area contributed by atoms with Gasteiger partial charge in [0.15, 0.2) is 17.3 Å². The standard InChI is InChI=1S/C19H18O5/c1-10-7-13-15(8-11(10)2)24-19(18(21)17(13)20)12-5-6-14(22-3)16(9-12)23-4/h5-9,21H,1-4H3. The number of fused-ring (bicyclic) bond motifs is 1. The van der Waals surface area contributed by atoms with Gasteiger partial charge >= 0.3 is 0 Å². The van der Waals surface area contributed by atoms with Crippen molar-refractivity contribution >= 4 is 11.0 Å². The Morgan fingerprint density at radius 1 is 0.958 bits per heavy atom. The van der Waals surface area contributed by atoms with Crippen LogP contribution in [0.25, 0.3) is 22.3 Å². The number of aromatic hydroxyl groups is 1. The summed E-state index contributed by atoms with van der Waals surface area (Å²) in [5, 5.41) is 10.7. The summed E-state index contributed by atoms with van der Waals surface area (Å²) in [5.41, 5.74) is 2.49. The van der Waals surface area contributed by atoms with E-state index in [1.807, 2.05) is 13.8 Å². The summed E-state index contributed by atoms with van der Waals surface area (Å²) in [6.07, 6.45) is 0. The summed E-state index contributed by atoms with van der Waals surface area (Å²) in [7, 11) is 3.06. The van der Waals surface area contributed by atoms with E-state index in [0.29, 0.717) is 28.0 Å². The summed E-state index contributed by atoms with van der Waals surface area (Å²) >= 11 is 0. The average Bonchev–Trinajstić information content (AvgIpc) is 2.59. The van der Waals surface area contributed by atoms with Crippen LogP contribution >= 0.6 is 0 Å². The highest BCUT2D eigenvalue weighted by Gasteiger charge is 2.17. The molecule has 0 aliphatic heterocycles. The predicted molar refractivity (Wildman–Crippen MR) is 92.2 cm³/mol. The zero-order chi connectivity index (χ0) is 17.4. The first kappa shape index (κ1) is 15.9. The van der Waals surface area contributed by atoms with E-state index in [1.165, 1.54) is 14.2 Å². The van der Waals surface area contributed by atoms with Crippen LogP contribution in [0.15, 0.2) is 39.5 Å². The van der Waals surface area contributed by atoms with E-state index in [-0.39, 0.29) is 5.76 Å². The Labute approximate surface area is 139 Å². The Morgan fingerprint density at radius 2 is 1.62 bits per heavy atom. The van der Waals surface area contributed by atoms with E-state index in [2.05, 4.69) is 0 Å². The fourth-order valence-corrected chi connectivity index (χ4v) is 2.61. The van der Waals surface area contributed by atoms with Crippen molar-refractivity contribution < 1.29 is 19.0 Å². The highest BCUT2D eigenvalue weighted by Crippen LogP contribution is 2.36. The van der Waals surface area contributed by atoms with Crippen LogP contribution < -0.4 is 14.9 Å². The molecule has 2 aromatic carbocycles. The number of ether oxygens (including phenoxy) is 2. The molecule has 0 saturated carbocycles. The molecule has 24 heavy (non-hydrogen) atoms. The molecule has 1 aromatic heterocycles. The molecular weight excluding hydrogens is 308 g/mol. The van der Waals surface area contributed by atoms with Crippen molar-refractivity contribution in [2.24, 2.45) is 0 Å². The lowest BCUT2D eigenvalue weighted by atomic mass is 10.0. The Morgan fingerprint density at radius 3 is 2.29 bits per heavy atom. The number of benzene rings is 2. The van der Waals surface area contributed by atoms with Crippen molar-refractivity contribution in [3.63, 3.8) is 0 Å². The van der Waals surface area contributed by atoms with E-state index in [4.69, 9.17) is 13.9 Å². The quantitative estimate of drug-likeness (QED) is 0.793. The van der Waals surface area contributed by atoms with Crippen LogP contribution in [-0.4, -0.2) is 19.3 Å². The van der Waals surface area contributed by atoms with E-state index in [0.717, 1.165) is 11.1 Å². The topological polar surface area (TPSA) is 68.9 Å². The number of hydrogen-bond acceptors (Lipinski definition) is 5. The van der Waals surface area contributed by atoms with Crippen LogP contribution in [0.5, 0.6) is 17.2 Å². The second-order valence-corrected chi connectivity index (χ2v) is 5.61. The smallest absolute Gasteiger partial charge is 0.235 e. The van der Waals surface area contributed by atoms with Crippen LogP contribution in [-0.2, 0) is 0 Å². The Hall–Kier alpha value is -2.95. The van der Waals surface area contributed by atoms with Crippen LogP contribution in [0.2, 0.25) is 0 Å². The van der Waals surface area contributed by atoms with Crippen molar-refractivity contribution in [2.75, 3.05) is 14.2 Å². The summed E-state index contributed by atoms with van der Waals surface area (Å²) in [5.74, 6) is 0.724. The molecule has 1 N–H and O–H groups in total. The van der Waals surface area contributed by atoms with Gasteiger partial charge in [0.05, 0.1) is 19.6 Å². The molecule has 5 heteroatoms. The summed E-state index contributed by atoms with van der Waals surface area (Å²) < 4.78 is 16.3. The first-order valence-electron chi connectivity index (χ1n) is 7.45. The maximum Gasteiger partial charge on any atom is 0.235 e. The third kappa shape index (κ3) is 2.48. The molecule has 0 saturated heterocycles. The van der Waals surface area contributed by atoms with Gasteiger partial charge in [0.1, 0.15) is 5.58 Å². The van der Waals surface area contributed by atoms with Crippen molar-refractivity contribution in [1.29, 1.82) is 0 Å². The molecule has 1 heterocycles. The molecule has 5 nitrogen and oxygen atoms in total. The molecule has 3 rings (SSSR count). The Balaban J connectivity index is 2.29. The molecule has 0 spiro atoms. The highest BCUT2D eigenvalue weighted by atomic mass is 16.5. The van der Waals surface area contributed by atoms with Crippen molar-refractivity contribution in [1.82, 2.24) is 0 Å². The molecule has 0 aliphatic carbocycles. The predicted octanol–water partition coefficient (Wildman–Crippen LogP) is 3.80. The van der Waals surface area contributed by atoms with Crippen molar-refractivity contribution in [2.45, 2.75) is 13.8 Å². The van der Waals surface area contributed by atoms with E-state index >= 15 is 0 Å². The van der Waals surface area contributed by atoms with Gasteiger partial charge < -0.3 is 19.0 Å². The van der Waals surface area contributed by atoms with E-state index in [1.54, 1.807) is 30.3 Å². The number of rotatable bonds is 3. The molecule has 0 bridgehead atoms. The number of aryl methyl sites for hydroxylation is 2. The van der Waals surface area contributed by atoms with Crippen LogP contribution in [0, 0.1) is 13.8 Å². The maximum absolute atomic E-state index is 12.5. The molecule has 0 amide bonds. The molecule has 0 atom stereocenters. The first-order chi connectivity index (χ1) is 11.5. The van der Waals surface area contributed by atoms with Crippen molar-refractivity contribution in [3.8, 4) is 28.6 Å². The van der Waals surface area contributed by atoms with E-state index < -0.39 is 11.2 Å². The van der Waals surface area contributed by atoms with Crippen LogP contribution in [0.3, 0.4) is 0 Å². The van der Waals surface area contributed by atoms with Gasteiger partial charge in [-0.3, -0.25) is 4.79 Å². The summed E-state index contributed by atoms with van der Waals surface area (Å²) in [4.78, 5) is 12.5. The van der Waals surface area contributed by atoms with Gasteiger partial charge in [-0.05, 0) is 55.3 Å². The lowest BCUT2D eigenvalue weighted by Gasteiger charge is -2.11. The van der Waals surface area contributed by atoms with Gasteiger partial charge in [-0.25, -0.2) is 0 Å². The third-order valence-corrected chi connectivity index (χ3v) is 4.13. The van der Waals surface area contributed by atoms with Crippen molar-refractivity contribution in [3.05, 3.63) is 51.7 Å². The molecule has 3 aromatic rings. The van der Waals surface area contributed by atoms with Gasteiger partial charge in [-0.15, -0.1) is 0 Å². The number of methoxy groups -OCH3 is 2. The summed E-state index contributed by atoms with van der Waals surface area (Å²) in [6, 6.07) is 8.58. The maximum atomic E-state index is 12.5. The molecule has 0 unspecified atom stereocenters. The second kappa shape index (κ2) is 5.92. The van der Waals surface area contributed by atoms with Gasteiger partial charge in [0, 0.05) is 5.56 Å². The molecular formula is C19H18O5. The zero-order valence-corrected chi connectivity index (χ0v) is 14.0. The SMILES string of the molecule is COc1ccc(-c2oc3cc(C)c(C)cc3c(=O)c2O)cc1OC. The summed E-state index contributed by atoms with van der Waals surface area (Å²) in [6.45, 7) is 3.85. The Bertz CT molecular complexity index is 985. The largest absolute Gasteiger partial charge is 0.502 e. The minimum absolute atomic E-state index is 0.108. The fraction of sp³-hybridized carbons (Fsp3) is 0.211. The Kier molecular flexibility index (Phi) is 3.93. The van der Waals surface area contributed by atoms with Gasteiger partial charge in [-0.1, -0.05) is 0 Å². The van der Waals surface area contributed by atoms with E-state index in [9.17, 15) is 9.90 Å². The first-order valence-corrected chi connectivity index (χ1v) is 7.45. The monoisotopic (exact) mass is 326 g/mol. The molecule has 0 fully saturated rings. The minimum Gasteiger partial charge on any atom is -0.502 e. The average molecular weight is 326 g/mol. The van der Waals surface area contributed by atoms with Crippen LogP contribution in [0.1, 0.15) is 11.1 Å². The minimum atomic E-state index is -0.455. The molecule has 0 radical (unpaired) electrons. The lowest BCUT2D eigenvalue weighted by Crippen LogP contribution is -2.03. The van der Waals surface area contributed by atoms with Gasteiger partial charge in [0.2, 0.25) is 11.2 Å². The van der Waals surface area contributed by atoms with Gasteiger partial charge in [-0.2, -0.15) is 0 Å². The van der Waals surface area contributed by atoms with Gasteiger partial charge in [0.25, 0.3) is 0 Å². The second-order valence-electron chi connectivity index (χ2n) is 5.61. The number of hydrogen-bond donors (Lipinski definition) is 1. The zero-order valence-electron chi connectivity index (χ0n) is 14.0. The lowest BCUT2D eigenvalue weighted by molar-refractivity contribution is 0.355.